The average molecular weight is 942 g/mol. The van der Waals surface area contributed by atoms with Crippen molar-refractivity contribution in [3.05, 3.63) is 60.8 Å². The molecule has 8 unspecified atom stereocenters. The monoisotopic (exact) mass is 942 g/mol. The number of hydrogen-bond acceptors (Lipinski definition) is 11. The van der Waals surface area contributed by atoms with Crippen molar-refractivity contribution < 1.29 is 57.0 Å². The van der Waals surface area contributed by atoms with Gasteiger partial charge in [0.15, 0.2) is 6.29 Å². The van der Waals surface area contributed by atoms with Gasteiger partial charge in [0.25, 0.3) is 0 Å². The topological polar surface area (TPSA) is 212 Å². The summed E-state index contributed by atoms with van der Waals surface area (Å²) in [6, 6.07) is -1.15. The first-order valence-electron chi connectivity index (χ1n) is 25.3. The van der Waals surface area contributed by atoms with E-state index in [4.69, 9.17) is 9.47 Å². The van der Waals surface area contributed by atoms with Crippen LogP contribution in [0.4, 0.5) is 0 Å². The molecule has 65 heavy (non-hydrogen) atoms. The van der Waals surface area contributed by atoms with Gasteiger partial charge in [0.05, 0.1) is 25.4 Å². The van der Waals surface area contributed by atoms with Crippen molar-refractivity contribution >= 4 is 16.3 Å². The Morgan fingerprint density at radius 1 is 0.631 bits per heavy atom. The Hall–Kier alpha value is -2.24. The van der Waals surface area contributed by atoms with Crippen molar-refractivity contribution in [2.24, 2.45) is 0 Å². The molecule has 1 aliphatic rings. The van der Waals surface area contributed by atoms with E-state index in [9.17, 15) is 43.3 Å². The smallest absolute Gasteiger partial charge is 0.394 e. The third-order valence-corrected chi connectivity index (χ3v) is 12.1. The number of allylic oxidation sites excluding steroid dienone is 9. The van der Waals surface area contributed by atoms with Gasteiger partial charge in [-0.15, -0.1) is 0 Å². The van der Waals surface area contributed by atoms with Crippen molar-refractivity contribution in [3.8, 4) is 0 Å². The van der Waals surface area contributed by atoms with Crippen LogP contribution >= 0.6 is 0 Å². The molecule has 7 N–H and O–H groups in total. The van der Waals surface area contributed by atoms with Crippen LogP contribution in [0.5, 0.6) is 0 Å². The van der Waals surface area contributed by atoms with Crippen LogP contribution in [-0.4, -0.2) is 107 Å². The second-order valence-electron chi connectivity index (χ2n) is 17.6. The van der Waals surface area contributed by atoms with Gasteiger partial charge in [0.2, 0.25) is 5.91 Å². The van der Waals surface area contributed by atoms with Gasteiger partial charge < -0.3 is 40.3 Å². The number of amides is 1. The SMILES string of the molecule is CCCCC/C=C\C=C/CCCCCCCCCCCC(O)C(=O)NC(COC1OC(CO)C(O)C(OS(=O)(=O)O)C1O)C(O)/C=C/CC/C=C/CC/C=C/CCCCCCCCCC. The van der Waals surface area contributed by atoms with E-state index >= 15 is 0 Å². The normalized spacial score (nSPS) is 21.1. The number of rotatable bonds is 42. The molecule has 0 spiro atoms. The summed E-state index contributed by atoms with van der Waals surface area (Å²) in [4.78, 5) is 13.1. The number of nitrogens with one attached hydrogen (secondary N) is 1. The Morgan fingerprint density at radius 2 is 1.08 bits per heavy atom. The average Bonchev–Trinajstić information content (AvgIpc) is 3.28. The first-order valence-corrected chi connectivity index (χ1v) is 26.7. The van der Waals surface area contributed by atoms with Crippen LogP contribution in [0.3, 0.4) is 0 Å². The largest absolute Gasteiger partial charge is 0.397 e. The fraction of sp³-hybridized carbons (Fsp3) is 0.784. The lowest BCUT2D eigenvalue weighted by atomic mass is 9.99. The number of aliphatic hydroxyl groups is 5. The molecule has 0 aromatic carbocycles. The van der Waals surface area contributed by atoms with Crippen LogP contribution in [0.1, 0.15) is 194 Å². The maximum Gasteiger partial charge on any atom is 0.397 e. The molecule has 0 radical (unpaired) electrons. The standard InChI is InChI=1S/C51H91NO12S/c1-3-5-7-9-11-13-15-17-19-21-23-25-27-29-31-33-35-37-39-44(54)43(42-62-51-48(57)49(64-65(59,60)61)47(56)46(41-53)63-51)52-50(58)45(55)40-38-36-34-32-30-28-26-24-22-20-18-16-14-12-10-8-6-4-2/h12,14,16,18,21,23,29,31,37,39,43-49,51,53-57H,3-11,13,15,17,19-20,22,24-28,30,32-36,38,40-42H2,1-2H3,(H,52,58)(H,59,60,61)/b14-12-,18-16-,23-21+,31-29+,39-37+. The summed E-state index contributed by atoms with van der Waals surface area (Å²) < 4.78 is 47.6. The van der Waals surface area contributed by atoms with Gasteiger partial charge in [0, 0.05) is 0 Å². The van der Waals surface area contributed by atoms with Gasteiger partial charge in [-0.1, -0.05) is 184 Å². The van der Waals surface area contributed by atoms with E-state index in [1.165, 1.54) is 102 Å². The summed E-state index contributed by atoms with van der Waals surface area (Å²) >= 11 is 0. The first-order chi connectivity index (χ1) is 31.4. The summed E-state index contributed by atoms with van der Waals surface area (Å²) in [5.41, 5.74) is 0. The first kappa shape index (κ1) is 60.8. The van der Waals surface area contributed by atoms with E-state index in [2.05, 4.69) is 72.0 Å². The van der Waals surface area contributed by atoms with Crippen molar-refractivity contribution in [1.82, 2.24) is 5.32 Å². The maximum atomic E-state index is 13.1. The molecule has 1 aliphatic heterocycles. The molecular weight excluding hydrogens is 851 g/mol. The minimum absolute atomic E-state index is 0.226. The highest BCUT2D eigenvalue weighted by Crippen LogP contribution is 2.26. The van der Waals surface area contributed by atoms with Crippen molar-refractivity contribution in [2.45, 2.75) is 243 Å². The van der Waals surface area contributed by atoms with Gasteiger partial charge in [0.1, 0.15) is 30.5 Å². The highest BCUT2D eigenvalue weighted by atomic mass is 32.3. The Bertz CT molecular complexity index is 1400. The zero-order valence-electron chi connectivity index (χ0n) is 40.1. The van der Waals surface area contributed by atoms with Gasteiger partial charge >= 0.3 is 10.4 Å². The number of carbonyl (C=O) groups is 1. The molecule has 8 atom stereocenters. The van der Waals surface area contributed by atoms with Gasteiger partial charge in [-0.3, -0.25) is 9.35 Å². The van der Waals surface area contributed by atoms with Crippen LogP contribution in [0.2, 0.25) is 0 Å². The molecule has 378 valence electrons. The highest BCUT2D eigenvalue weighted by Gasteiger charge is 2.48. The molecular formula is C51H91NO12S. The summed E-state index contributed by atoms with van der Waals surface area (Å²) in [5, 5.41) is 55.3. The quantitative estimate of drug-likeness (QED) is 0.0132. The number of carbonyl (C=O) groups excluding carboxylic acids is 1. The summed E-state index contributed by atoms with van der Waals surface area (Å²) in [6.45, 7) is 3.16. The van der Waals surface area contributed by atoms with E-state index in [1.807, 2.05) is 0 Å². The van der Waals surface area contributed by atoms with E-state index in [1.54, 1.807) is 6.08 Å². The number of unbranched alkanes of at least 4 members (excludes halogenated alkanes) is 22. The van der Waals surface area contributed by atoms with E-state index in [0.29, 0.717) is 12.8 Å². The molecule has 0 aromatic rings. The molecule has 1 fully saturated rings. The molecule has 14 heteroatoms. The Labute approximate surface area is 393 Å². The highest BCUT2D eigenvalue weighted by molar-refractivity contribution is 7.80. The molecule has 0 aliphatic carbocycles. The summed E-state index contributed by atoms with van der Waals surface area (Å²) in [5.74, 6) is -0.722. The van der Waals surface area contributed by atoms with E-state index in [-0.39, 0.29) is 6.42 Å². The Morgan fingerprint density at radius 3 is 1.60 bits per heavy atom. The molecule has 0 aromatic heterocycles. The van der Waals surface area contributed by atoms with Crippen molar-refractivity contribution in [2.75, 3.05) is 13.2 Å². The van der Waals surface area contributed by atoms with Crippen molar-refractivity contribution in [1.29, 1.82) is 0 Å². The minimum atomic E-state index is -5.13. The summed E-state index contributed by atoms with van der Waals surface area (Å²) in [6.07, 6.45) is 40.1. The lowest BCUT2D eigenvalue weighted by Crippen LogP contribution is -2.61. The molecule has 0 saturated carbocycles. The lowest BCUT2D eigenvalue weighted by Gasteiger charge is -2.41. The maximum absolute atomic E-state index is 13.1. The molecule has 1 heterocycles. The molecule has 13 nitrogen and oxygen atoms in total. The van der Waals surface area contributed by atoms with Crippen LogP contribution < -0.4 is 5.32 Å². The summed E-state index contributed by atoms with van der Waals surface area (Å²) in [7, 11) is -5.13. The van der Waals surface area contributed by atoms with Crippen LogP contribution in [0, 0.1) is 0 Å². The van der Waals surface area contributed by atoms with Gasteiger partial charge in [-0.25, -0.2) is 4.18 Å². The molecule has 1 saturated heterocycles. The van der Waals surface area contributed by atoms with Gasteiger partial charge in [-0.05, 0) is 70.6 Å². The zero-order valence-corrected chi connectivity index (χ0v) is 41.0. The Balaban J connectivity index is 2.58. The fourth-order valence-electron chi connectivity index (χ4n) is 7.60. The molecule has 0 bridgehead atoms. The van der Waals surface area contributed by atoms with Crippen LogP contribution in [0.15, 0.2) is 60.8 Å². The number of ether oxygens (including phenoxy) is 2. The molecule has 1 amide bonds. The number of aliphatic hydroxyl groups excluding tert-OH is 5. The fourth-order valence-corrected chi connectivity index (χ4v) is 8.11. The second kappa shape index (κ2) is 40.8. The number of hydrogen-bond donors (Lipinski definition) is 7. The second-order valence-corrected chi connectivity index (χ2v) is 18.6. The van der Waals surface area contributed by atoms with E-state index in [0.717, 1.165) is 64.2 Å². The lowest BCUT2D eigenvalue weighted by molar-refractivity contribution is -0.298. The predicted molar refractivity (Wildman–Crippen MR) is 260 cm³/mol. The third-order valence-electron chi connectivity index (χ3n) is 11.6. The predicted octanol–water partition coefficient (Wildman–Crippen LogP) is 9.58. The van der Waals surface area contributed by atoms with Gasteiger partial charge in [-0.2, -0.15) is 8.42 Å². The van der Waals surface area contributed by atoms with Crippen LogP contribution in [0.25, 0.3) is 0 Å². The third kappa shape index (κ3) is 33.0. The van der Waals surface area contributed by atoms with Crippen LogP contribution in [-0.2, 0) is 28.9 Å². The van der Waals surface area contributed by atoms with Crippen molar-refractivity contribution in [3.63, 3.8) is 0 Å². The molecule has 1 rings (SSSR count). The minimum Gasteiger partial charge on any atom is -0.394 e. The zero-order chi connectivity index (χ0) is 47.8. The Kier molecular flexibility index (Phi) is 38.1. The van der Waals surface area contributed by atoms with E-state index < -0.39 is 78.5 Å².